The molecule has 1 heterocycles. The summed E-state index contributed by atoms with van der Waals surface area (Å²) >= 11 is 0.961. The molecule has 0 saturated carbocycles. The molecule has 1 aromatic heterocycles. The molecule has 0 spiro atoms. The number of hydrogen-bond donors (Lipinski definition) is 1. The number of nitrogens with one attached hydrogen (secondary N) is 1. The van der Waals surface area contributed by atoms with E-state index in [9.17, 15) is 14.7 Å². The highest BCUT2D eigenvalue weighted by molar-refractivity contribution is 7.99. The van der Waals surface area contributed by atoms with E-state index in [0.29, 0.717) is 22.8 Å². The van der Waals surface area contributed by atoms with Crippen molar-refractivity contribution in [2.24, 2.45) is 0 Å². The number of carboxylic acid groups (broad SMARTS) is 1. The van der Waals surface area contributed by atoms with Crippen molar-refractivity contribution < 1.29 is 9.90 Å². The average molecular weight is 255 g/mol. The summed E-state index contributed by atoms with van der Waals surface area (Å²) in [5.74, 6) is -1.39. The molecule has 0 bridgehead atoms. The van der Waals surface area contributed by atoms with Gasteiger partial charge in [-0.2, -0.15) is 0 Å². The van der Waals surface area contributed by atoms with Gasteiger partial charge < -0.3 is 14.9 Å². The first-order valence-electron chi connectivity index (χ1n) is 5.47. The molecule has 5 nitrogen and oxygen atoms in total. The van der Waals surface area contributed by atoms with Crippen LogP contribution in [-0.2, 0) is 11.2 Å². The van der Waals surface area contributed by atoms with Crippen LogP contribution in [0.1, 0.15) is 31.0 Å². The number of aromatic nitrogens is 2. The van der Waals surface area contributed by atoms with Crippen molar-refractivity contribution in [3.63, 3.8) is 0 Å². The number of H-pyrrole nitrogens is 1. The number of unbranched alkanes of at least 4 members (excludes halogenated alkanes) is 1. The van der Waals surface area contributed by atoms with Gasteiger partial charge in [-0.15, -0.1) is 0 Å². The average Bonchev–Trinajstić information content (AvgIpc) is 2.25. The van der Waals surface area contributed by atoms with Crippen LogP contribution in [0, 0.1) is 6.92 Å². The van der Waals surface area contributed by atoms with E-state index in [1.54, 1.807) is 6.92 Å². The molecule has 6 heteroatoms. The Hall–Kier alpha value is -1.30. The lowest BCUT2D eigenvalue weighted by molar-refractivity contribution is -0.301. The zero-order chi connectivity index (χ0) is 12.8. The van der Waals surface area contributed by atoms with Crippen LogP contribution in [-0.4, -0.2) is 21.7 Å². The van der Waals surface area contributed by atoms with Gasteiger partial charge in [-0.1, -0.05) is 25.1 Å². The van der Waals surface area contributed by atoms with E-state index in [1.807, 2.05) is 0 Å². The van der Waals surface area contributed by atoms with E-state index in [-0.39, 0.29) is 11.3 Å². The maximum Gasteiger partial charge on any atom is 0.254 e. The molecule has 0 aliphatic heterocycles. The van der Waals surface area contributed by atoms with Crippen molar-refractivity contribution in [2.75, 3.05) is 5.75 Å². The van der Waals surface area contributed by atoms with E-state index in [4.69, 9.17) is 0 Å². The number of nitrogens with zero attached hydrogens (tertiary/aromatic N) is 1. The van der Waals surface area contributed by atoms with Crippen LogP contribution in [0.2, 0.25) is 0 Å². The zero-order valence-electron chi connectivity index (χ0n) is 9.91. The summed E-state index contributed by atoms with van der Waals surface area (Å²) in [6, 6.07) is 0. The third-order valence-electron chi connectivity index (χ3n) is 2.31. The highest BCUT2D eigenvalue weighted by Crippen LogP contribution is 2.12. The van der Waals surface area contributed by atoms with E-state index in [0.717, 1.165) is 24.6 Å². The Morgan fingerprint density at radius 3 is 2.76 bits per heavy atom. The smallest absolute Gasteiger partial charge is 0.254 e. The molecular weight excluding hydrogens is 240 g/mol. The van der Waals surface area contributed by atoms with Crippen molar-refractivity contribution in [1.29, 1.82) is 0 Å². The van der Waals surface area contributed by atoms with Crippen LogP contribution in [0.4, 0.5) is 0 Å². The molecule has 0 aromatic carbocycles. The number of aromatic amines is 1. The summed E-state index contributed by atoms with van der Waals surface area (Å²) in [4.78, 5) is 28.8. The van der Waals surface area contributed by atoms with Crippen LogP contribution < -0.4 is 10.7 Å². The Kier molecular flexibility index (Phi) is 5.21. The van der Waals surface area contributed by atoms with Crippen molar-refractivity contribution >= 4 is 17.7 Å². The third-order valence-corrected chi connectivity index (χ3v) is 3.15. The number of carbonyl (C=O) groups excluding carboxylic acids is 1. The molecular formula is C11H15N2O3S-. The predicted octanol–water partition coefficient (Wildman–Crippen LogP) is 0.263. The first-order valence-corrected chi connectivity index (χ1v) is 6.45. The molecule has 0 aliphatic rings. The summed E-state index contributed by atoms with van der Waals surface area (Å²) in [5.41, 5.74) is 1.18. The Morgan fingerprint density at radius 1 is 1.53 bits per heavy atom. The van der Waals surface area contributed by atoms with Crippen molar-refractivity contribution in [3.8, 4) is 0 Å². The summed E-state index contributed by atoms with van der Waals surface area (Å²) in [6.45, 7) is 3.82. The minimum absolute atomic E-state index is 0.174. The monoisotopic (exact) mass is 255 g/mol. The van der Waals surface area contributed by atoms with Gasteiger partial charge in [0.15, 0.2) is 5.16 Å². The molecule has 1 aromatic rings. The lowest BCUT2D eigenvalue weighted by Gasteiger charge is -2.06. The Labute approximate surface area is 104 Å². The highest BCUT2D eigenvalue weighted by atomic mass is 32.2. The van der Waals surface area contributed by atoms with Crippen LogP contribution >= 0.6 is 11.8 Å². The largest absolute Gasteiger partial charge is 0.549 e. The van der Waals surface area contributed by atoms with Gasteiger partial charge >= 0.3 is 0 Å². The van der Waals surface area contributed by atoms with Gasteiger partial charge in [0.1, 0.15) is 0 Å². The number of rotatable bonds is 6. The summed E-state index contributed by atoms with van der Waals surface area (Å²) in [5, 5.41) is 10.6. The van der Waals surface area contributed by atoms with Gasteiger partial charge in [-0.05, 0) is 19.8 Å². The fourth-order valence-corrected chi connectivity index (χ4v) is 2.05. The van der Waals surface area contributed by atoms with E-state index in [1.165, 1.54) is 0 Å². The van der Waals surface area contributed by atoms with Crippen LogP contribution in [0.15, 0.2) is 9.95 Å². The number of hydrogen-bond acceptors (Lipinski definition) is 5. The quantitative estimate of drug-likeness (QED) is 0.582. The molecule has 0 unspecified atom stereocenters. The van der Waals surface area contributed by atoms with E-state index >= 15 is 0 Å². The number of carbonyl (C=O) groups is 1. The summed E-state index contributed by atoms with van der Waals surface area (Å²) < 4.78 is 0. The van der Waals surface area contributed by atoms with Gasteiger partial charge in [-0.25, -0.2) is 4.98 Å². The maximum absolute atomic E-state index is 11.7. The molecule has 94 valence electrons. The number of carboxylic acids is 1. The van der Waals surface area contributed by atoms with Crippen molar-refractivity contribution in [1.82, 2.24) is 9.97 Å². The van der Waals surface area contributed by atoms with E-state index in [2.05, 4.69) is 16.9 Å². The first kappa shape index (κ1) is 13.8. The van der Waals surface area contributed by atoms with Crippen molar-refractivity contribution in [2.45, 2.75) is 38.3 Å². The lowest BCUT2D eigenvalue weighted by atomic mass is 10.1. The minimum Gasteiger partial charge on any atom is -0.549 e. The maximum atomic E-state index is 11.7. The Balaban J connectivity index is 2.85. The summed E-state index contributed by atoms with van der Waals surface area (Å²) in [7, 11) is 0. The lowest BCUT2D eigenvalue weighted by Crippen LogP contribution is -2.25. The number of aliphatic carboxylic acids is 1. The second-order valence-corrected chi connectivity index (χ2v) is 4.66. The standard InChI is InChI=1S/C11H16N2O3S/c1-3-4-5-8-7(2)12-11(13-10(8)16)17-6-9(14)15/h3-6H2,1-2H3,(H,14,15)(H,12,13,16)/p-1. The first-order chi connectivity index (χ1) is 8.04. The fraction of sp³-hybridized carbons (Fsp3) is 0.545. The molecule has 0 saturated heterocycles. The van der Waals surface area contributed by atoms with Gasteiger partial charge in [0, 0.05) is 17.0 Å². The Morgan fingerprint density at radius 2 is 2.24 bits per heavy atom. The van der Waals surface area contributed by atoms with E-state index < -0.39 is 5.97 Å². The van der Waals surface area contributed by atoms with Gasteiger partial charge in [-0.3, -0.25) is 4.79 Å². The van der Waals surface area contributed by atoms with Crippen LogP contribution in [0.25, 0.3) is 0 Å². The Bertz CT molecular complexity index is 457. The normalized spacial score (nSPS) is 10.5. The minimum atomic E-state index is -1.18. The molecule has 0 fully saturated rings. The van der Waals surface area contributed by atoms with Crippen LogP contribution in [0.3, 0.4) is 0 Å². The number of aryl methyl sites for hydroxylation is 1. The molecule has 1 rings (SSSR count). The molecule has 0 radical (unpaired) electrons. The summed E-state index contributed by atoms with van der Waals surface area (Å²) in [6.07, 6.45) is 2.66. The molecule has 0 atom stereocenters. The van der Waals surface area contributed by atoms with Crippen LogP contribution in [0.5, 0.6) is 0 Å². The van der Waals surface area contributed by atoms with Crippen molar-refractivity contribution in [3.05, 3.63) is 21.6 Å². The second kappa shape index (κ2) is 6.44. The second-order valence-electron chi connectivity index (χ2n) is 3.70. The van der Waals surface area contributed by atoms with Gasteiger partial charge in [0.25, 0.3) is 5.56 Å². The molecule has 0 amide bonds. The SMILES string of the molecule is CCCCc1c(C)nc(SCC(=O)[O-])[nH]c1=O. The van der Waals surface area contributed by atoms with Gasteiger partial charge in [0.2, 0.25) is 0 Å². The highest BCUT2D eigenvalue weighted by Gasteiger charge is 2.07. The third kappa shape index (κ3) is 4.22. The fourth-order valence-electron chi connectivity index (χ4n) is 1.43. The topological polar surface area (TPSA) is 85.9 Å². The molecule has 1 N–H and O–H groups in total. The number of thioether (sulfide) groups is 1. The predicted molar refractivity (Wildman–Crippen MR) is 63.9 cm³/mol. The molecule has 17 heavy (non-hydrogen) atoms. The van der Waals surface area contributed by atoms with Gasteiger partial charge in [0.05, 0.1) is 5.97 Å². The zero-order valence-corrected chi connectivity index (χ0v) is 10.7. The molecule has 0 aliphatic carbocycles.